The molecule has 0 saturated heterocycles. The lowest BCUT2D eigenvalue weighted by molar-refractivity contribution is 0.293. The second kappa shape index (κ2) is 20.2. The fourth-order valence-electron chi connectivity index (χ4n) is 4.93. The highest BCUT2D eigenvalue weighted by molar-refractivity contribution is 6.52. The summed E-state index contributed by atoms with van der Waals surface area (Å²) >= 11 is 0. The predicted molar refractivity (Wildman–Crippen MR) is 163 cm³/mol. The third-order valence-corrected chi connectivity index (χ3v) is 9.68. The van der Waals surface area contributed by atoms with Crippen molar-refractivity contribution in [1.29, 1.82) is 0 Å². The molecule has 0 aliphatic rings. The summed E-state index contributed by atoms with van der Waals surface area (Å²) in [6, 6.07) is 5.34. The fourth-order valence-corrected chi connectivity index (χ4v) is 6.52. The molecule has 2 heterocycles. The van der Waals surface area contributed by atoms with Gasteiger partial charge in [0.25, 0.3) is 0 Å². The average Bonchev–Trinajstić information content (AvgIpc) is 2.92. The van der Waals surface area contributed by atoms with Gasteiger partial charge in [0.05, 0.1) is 28.0 Å². The largest absolute Gasteiger partial charge is 0.478 e. The van der Waals surface area contributed by atoms with Crippen LogP contribution in [-0.2, 0) is 0 Å². The number of hydrogen-bond acceptors (Lipinski definition) is 4. The maximum Gasteiger partial charge on any atom is 0.213 e. The summed E-state index contributed by atoms with van der Waals surface area (Å²) in [5.41, 5.74) is 1.95. The number of ether oxygens (including phenoxy) is 1. The molecule has 0 bridgehead atoms. The smallest absolute Gasteiger partial charge is 0.213 e. The van der Waals surface area contributed by atoms with Crippen molar-refractivity contribution < 1.29 is 4.74 Å². The second-order valence-electron chi connectivity index (χ2n) is 11.3. The molecule has 37 heavy (non-hydrogen) atoms. The average molecular weight is 526 g/mol. The number of nitrogens with zero attached hydrogens (tertiary/aromatic N) is 3. The summed E-state index contributed by atoms with van der Waals surface area (Å²) in [6.45, 7) is 10.2. The normalized spacial score (nSPS) is 13.3. The van der Waals surface area contributed by atoms with E-state index in [2.05, 4.69) is 43.7 Å². The first-order valence-corrected chi connectivity index (χ1v) is 17.2. The van der Waals surface area contributed by atoms with Crippen LogP contribution in [0.1, 0.15) is 124 Å². The van der Waals surface area contributed by atoms with Gasteiger partial charge >= 0.3 is 0 Å². The van der Waals surface area contributed by atoms with Crippen molar-refractivity contribution in [3.05, 3.63) is 30.7 Å². The molecule has 0 aliphatic carbocycles. The molecule has 0 saturated carbocycles. The van der Waals surface area contributed by atoms with Crippen LogP contribution in [0.2, 0.25) is 6.04 Å². The molecule has 0 N–H and O–H groups in total. The molecule has 0 spiro atoms. The Hall–Kier alpha value is -1.75. The van der Waals surface area contributed by atoms with Crippen LogP contribution in [0.15, 0.2) is 30.7 Å². The van der Waals surface area contributed by atoms with Gasteiger partial charge in [-0.1, -0.05) is 124 Å². The van der Waals surface area contributed by atoms with Gasteiger partial charge in [0.2, 0.25) is 5.88 Å². The standard InChI is InChI=1S/C32H55N3OSi/c1-5-7-9-10-11-16-22-36-31-21-20-29(23-34-31)30-24-33-25-32(35-30)37-26-28(4)19-15-12-14-18-27(3)17-13-8-6-2/h20-21,23-25,27-28H,5-19,22,26,37H2,1-4H3. The Morgan fingerprint density at radius 1 is 0.730 bits per heavy atom. The third-order valence-electron chi connectivity index (χ3n) is 7.55. The quantitative estimate of drug-likeness (QED) is 0.115. The number of hydrogen-bond donors (Lipinski definition) is 0. The van der Waals surface area contributed by atoms with E-state index in [-0.39, 0.29) is 0 Å². The first-order valence-electron chi connectivity index (χ1n) is 15.5. The van der Waals surface area contributed by atoms with E-state index in [0.29, 0.717) is 5.88 Å². The molecule has 0 fully saturated rings. The molecule has 0 radical (unpaired) electrons. The molecule has 5 heteroatoms. The van der Waals surface area contributed by atoms with Crippen LogP contribution in [0.5, 0.6) is 5.88 Å². The molecule has 2 aromatic rings. The second-order valence-corrected chi connectivity index (χ2v) is 13.1. The zero-order chi connectivity index (χ0) is 26.6. The minimum atomic E-state index is -0.398. The number of rotatable bonds is 22. The molecule has 2 unspecified atom stereocenters. The number of pyridine rings is 1. The van der Waals surface area contributed by atoms with Gasteiger partial charge in [0.1, 0.15) is 0 Å². The summed E-state index contributed by atoms with van der Waals surface area (Å²) in [4.78, 5) is 13.9. The van der Waals surface area contributed by atoms with Crippen molar-refractivity contribution in [2.24, 2.45) is 11.8 Å². The van der Waals surface area contributed by atoms with Crippen molar-refractivity contribution in [3.8, 4) is 17.1 Å². The topological polar surface area (TPSA) is 47.9 Å². The van der Waals surface area contributed by atoms with Crippen LogP contribution in [-0.4, -0.2) is 31.1 Å². The summed E-state index contributed by atoms with van der Waals surface area (Å²) in [7, 11) is -0.398. The minimum Gasteiger partial charge on any atom is -0.478 e. The lowest BCUT2D eigenvalue weighted by Crippen LogP contribution is -2.21. The number of unbranched alkanes of at least 4 members (excludes halogenated alkanes) is 9. The van der Waals surface area contributed by atoms with E-state index in [4.69, 9.17) is 9.72 Å². The van der Waals surface area contributed by atoms with Gasteiger partial charge in [-0.3, -0.25) is 9.97 Å². The maximum atomic E-state index is 5.83. The van der Waals surface area contributed by atoms with Gasteiger partial charge in [-0.05, 0) is 24.3 Å². The molecule has 4 nitrogen and oxygen atoms in total. The van der Waals surface area contributed by atoms with Crippen LogP contribution < -0.4 is 10.1 Å². The zero-order valence-electron chi connectivity index (χ0n) is 24.5. The highest BCUT2D eigenvalue weighted by atomic mass is 28.2. The molecule has 2 aromatic heterocycles. The van der Waals surface area contributed by atoms with Crippen molar-refractivity contribution in [2.45, 2.75) is 130 Å². The van der Waals surface area contributed by atoms with Gasteiger partial charge < -0.3 is 4.74 Å². The maximum absolute atomic E-state index is 5.83. The Morgan fingerprint density at radius 3 is 2.11 bits per heavy atom. The Labute approximate surface area is 230 Å². The molecular weight excluding hydrogens is 470 g/mol. The van der Waals surface area contributed by atoms with Crippen LogP contribution in [0.4, 0.5) is 0 Å². The fraction of sp³-hybridized carbons (Fsp3) is 0.719. The Kier molecular flexibility index (Phi) is 17.2. The molecule has 2 rings (SSSR count). The molecule has 0 aromatic carbocycles. The van der Waals surface area contributed by atoms with Gasteiger partial charge in [-0.15, -0.1) is 0 Å². The Morgan fingerprint density at radius 2 is 1.38 bits per heavy atom. The van der Waals surface area contributed by atoms with Gasteiger partial charge in [-0.2, -0.15) is 0 Å². The summed E-state index contributed by atoms with van der Waals surface area (Å²) < 4.78 is 5.83. The molecule has 0 amide bonds. The Balaban J connectivity index is 1.64. The summed E-state index contributed by atoms with van der Waals surface area (Å²) in [5.74, 6) is 2.41. The van der Waals surface area contributed by atoms with Gasteiger partial charge in [0, 0.05) is 29.3 Å². The van der Waals surface area contributed by atoms with E-state index >= 15 is 0 Å². The van der Waals surface area contributed by atoms with E-state index in [1.54, 1.807) is 0 Å². The van der Waals surface area contributed by atoms with Crippen LogP contribution in [0.25, 0.3) is 11.3 Å². The highest BCUT2D eigenvalue weighted by Crippen LogP contribution is 2.20. The summed E-state index contributed by atoms with van der Waals surface area (Å²) in [5, 5.41) is 1.22. The third kappa shape index (κ3) is 14.7. The first kappa shape index (κ1) is 31.5. The first-order chi connectivity index (χ1) is 18.1. The van der Waals surface area contributed by atoms with Crippen LogP contribution in [0.3, 0.4) is 0 Å². The summed E-state index contributed by atoms with van der Waals surface area (Å²) in [6.07, 6.45) is 25.8. The van der Waals surface area contributed by atoms with Gasteiger partial charge in [-0.25, -0.2) is 4.98 Å². The lowest BCUT2D eigenvalue weighted by Gasteiger charge is -2.13. The monoisotopic (exact) mass is 525 g/mol. The van der Waals surface area contributed by atoms with Crippen molar-refractivity contribution in [3.63, 3.8) is 0 Å². The van der Waals surface area contributed by atoms with E-state index in [0.717, 1.165) is 36.1 Å². The van der Waals surface area contributed by atoms with Gasteiger partial charge in [0.15, 0.2) is 0 Å². The Bertz CT molecular complexity index is 814. The zero-order valence-corrected chi connectivity index (χ0v) is 25.9. The van der Waals surface area contributed by atoms with Crippen molar-refractivity contribution in [1.82, 2.24) is 15.0 Å². The van der Waals surface area contributed by atoms with Crippen LogP contribution in [0, 0.1) is 11.8 Å². The highest BCUT2D eigenvalue weighted by Gasteiger charge is 2.08. The molecular formula is C32H55N3OSi. The van der Waals surface area contributed by atoms with E-state index < -0.39 is 9.52 Å². The minimum absolute atomic E-state index is 0.398. The molecule has 2 atom stereocenters. The van der Waals surface area contributed by atoms with E-state index in [9.17, 15) is 0 Å². The van der Waals surface area contributed by atoms with E-state index in [1.165, 1.54) is 101 Å². The number of aromatic nitrogens is 3. The molecule has 208 valence electrons. The predicted octanol–water partition coefficient (Wildman–Crippen LogP) is 8.29. The van der Waals surface area contributed by atoms with E-state index in [1.807, 2.05) is 24.7 Å². The lowest BCUT2D eigenvalue weighted by atomic mass is 9.96. The molecule has 0 aliphatic heterocycles. The SMILES string of the molecule is CCCCCCCCOc1ccc(-c2cncc([SiH2]CC(C)CCCCCC(C)CCCCC)n2)cn1. The van der Waals surface area contributed by atoms with Crippen LogP contribution >= 0.6 is 0 Å². The van der Waals surface area contributed by atoms with Crippen molar-refractivity contribution >= 4 is 14.8 Å². The van der Waals surface area contributed by atoms with Crippen molar-refractivity contribution in [2.75, 3.05) is 6.61 Å².